The van der Waals surface area contributed by atoms with E-state index in [4.69, 9.17) is 9.47 Å². The number of rotatable bonds is 3. The Morgan fingerprint density at radius 1 is 1.00 bits per heavy atom. The molecule has 1 fully saturated rings. The number of nitrogens with zero attached hydrogens (tertiary/aromatic N) is 4. The third-order valence-corrected chi connectivity index (χ3v) is 2.99. The highest BCUT2D eigenvalue weighted by molar-refractivity contribution is 5.28. The molecule has 2 heterocycles. The number of quaternary nitrogens is 1. The smallest absolute Gasteiger partial charge is 0.338 e. The summed E-state index contributed by atoms with van der Waals surface area (Å²) in [5.41, 5.74) is 0. The van der Waals surface area contributed by atoms with Gasteiger partial charge in [-0.3, -0.25) is 4.48 Å². The topological polar surface area (TPSA) is 69.2 Å². The first kappa shape index (κ1) is 12.0. The van der Waals surface area contributed by atoms with Gasteiger partial charge in [-0.15, -0.1) is 15.0 Å². The van der Waals surface area contributed by atoms with Gasteiger partial charge >= 0.3 is 18.0 Å². The van der Waals surface area contributed by atoms with Crippen LogP contribution in [0.1, 0.15) is 0 Å². The summed E-state index contributed by atoms with van der Waals surface area (Å²) in [6.45, 7) is 3.78. The van der Waals surface area contributed by atoms with Gasteiger partial charge in [0.1, 0.15) is 0 Å². The molecular weight excluding hydrogens is 222 g/mol. The van der Waals surface area contributed by atoms with Gasteiger partial charge in [0.05, 0.1) is 34.4 Å². The molecule has 0 spiro atoms. The Labute approximate surface area is 100 Å². The standard InChI is InChI=1S/C10H18N5O2/c1-15(6-4-11-5-7-15)8-12-9(16-2)14-10(13-8)17-3/h11H,4-7H2,1-3H3/q+1. The fourth-order valence-corrected chi connectivity index (χ4v) is 1.84. The molecule has 0 aliphatic carbocycles. The molecule has 1 aliphatic heterocycles. The second-order valence-corrected chi connectivity index (χ2v) is 4.20. The van der Waals surface area contributed by atoms with Gasteiger partial charge in [0, 0.05) is 13.1 Å². The summed E-state index contributed by atoms with van der Waals surface area (Å²) in [6, 6.07) is 0.592. The molecule has 7 heteroatoms. The molecule has 1 aromatic rings. The van der Waals surface area contributed by atoms with E-state index in [0.29, 0.717) is 22.5 Å². The van der Waals surface area contributed by atoms with E-state index in [0.717, 1.165) is 26.2 Å². The number of aromatic nitrogens is 3. The highest BCUT2D eigenvalue weighted by atomic mass is 16.5. The van der Waals surface area contributed by atoms with Crippen molar-refractivity contribution in [2.75, 3.05) is 47.4 Å². The summed E-state index contributed by atoms with van der Waals surface area (Å²) in [5.74, 6) is 0.690. The largest absolute Gasteiger partial charge is 0.466 e. The van der Waals surface area contributed by atoms with Crippen molar-refractivity contribution in [1.29, 1.82) is 0 Å². The van der Waals surface area contributed by atoms with Crippen LogP contribution in [-0.4, -0.2) is 62.4 Å². The molecule has 0 radical (unpaired) electrons. The Hall–Kier alpha value is -1.47. The zero-order valence-corrected chi connectivity index (χ0v) is 10.4. The van der Waals surface area contributed by atoms with E-state index in [1.165, 1.54) is 14.2 Å². The Morgan fingerprint density at radius 3 is 2.00 bits per heavy atom. The SMILES string of the molecule is COc1nc(OC)nc([N+]2(C)CCNCC2)n1. The molecule has 1 N–H and O–H groups in total. The molecule has 1 aromatic heterocycles. The van der Waals surface area contributed by atoms with Crippen LogP contribution in [-0.2, 0) is 0 Å². The summed E-state index contributed by atoms with van der Waals surface area (Å²) in [4.78, 5) is 12.6. The van der Waals surface area contributed by atoms with E-state index in [1.807, 2.05) is 0 Å². The van der Waals surface area contributed by atoms with E-state index in [-0.39, 0.29) is 0 Å². The predicted molar refractivity (Wildman–Crippen MR) is 63.3 cm³/mol. The molecule has 0 unspecified atom stereocenters. The monoisotopic (exact) mass is 240 g/mol. The van der Waals surface area contributed by atoms with Crippen LogP contribution in [0.25, 0.3) is 0 Å². The van der Waals surface area contributed by atoms with Crippen molar-refractivity contribution < 1.29 is 9.47 Å². The normalized spacial score (nSPS) is 18.8. The molecule has 0 aromatic carbocycles. The maximum Gasteiger partial charge on any atom is 0.338 e. The van der Waals surface area contributed by atoms with Crippen molar-refractivity contribution >= 4 is 5.95 Å². The van der Waals surface area contributed by atoms with Gasteiger partial charge in [-0.25, -0.2) is 0 Å². The minimum atomic E-state index is 0.296. The van der Waals surface area contributed by atoms with Crippen LogP contribution < -0.4 is 19.3 Å². The molecule has 7 nitrogen and oxygen atoms in total. The van der Waals surface area contributed by atoms with Crippen LogP contribution in [0.3, 0.4) is 0 Å². The number of likely N-dealkylation sites (N-methyl/N-ethyl adjacent to an activating group) is 1. The minimum Gasteiger partial charge on any atom is -0.466 e. The van der Waals surface area contributed by atoms with E-state index in [2.05, 4.69) is 27.3 Å². The predicted octanol–water partition coefficient (Wildman–Crippen LogP) is -0.571. The van der Waals surface area contributed by atoms with Crippen molar-refractivity contribution in [2.45, 2.75) is 0 Å². The molecule has 0 amide bonds. The van der Waals surface area contributed by atoms with Gasteiger partial charge in [-0.2, -0.15) is 0 Å². The maximum absolute atomic E-state index is 5.07. The third kappa shape index (κ3) is 2.45. The molecule has 0 saturated carbocycles. The van der Waals surface area contributed by atoms with Crippen LogP contribution in [0, 0.1) is 0 Å². The summed E-state index contributed by atoms with van der Waals surface area (Å²) >= 11 is 0. The van der Waals surface area contributed by atoms with Crippen LogP contribution in [0.2, 0.25) is 0 Å². The molecule has 17 heavy (non-hydrogen) atoms. The first-order chi connectivity index (χ1) is 8.18. The third-order valence-electron chi connectivity index (χ3n) is 2.99. The van der Waals surface area contributed by atoms with Crippen molar-refractivity contribution in [3.8, 4) is 12.0 Å². The van der Waals surface area contributed by atoms with Crippen LogP contribution >= 0.6 is 0 Å². The van der Waals surface area contributed by atoms with Crippen molar-refractivity contribution in [2.24, 2.45) is 0 Å². The minimum absolute atomic E-state index is 0.296. The summed E-state index contributed by atoms with van der Waals surface area (Å²) < 4.78 is 10.8. The lowest BCUT2D eigenvalue weighted by molar-refractivity contribution is 0.261. The first-order valence-corrected chi connectivity index (χ1v) is 5.58. The van der Waals surface area contributed by atoms with Crippen molar-refractivity contribution in [1.82, 2.24) is 24.8 Å². The van der Waals surface area contributed by atoms with Gasteiger partial charge < -0.3 is 14.8 Å². The number of methoxy groups -OCH3 is 2. The van der Waals surface area contributed by atoms with Crippen LogP contribution in [0.4, 0.5) is 5.95 Å². The first-order valence-electron chi connectivity index (χ1n) is 5.58. The highest BCUT2D eigenvalue weighted by Gasteiger charge is 2.32. The lowest BCUT2D eigenvalue weighted by atomic mass is 10.3. The zero-order chi connectivity index (χ0) is 12.3. The number of hydrogen-bond acceptors (Lipinski definition) is 6. The maximum atomic E-state index is 5.07. The summed E-state index contributed by atoms with van der Waals surface area (Å²) in [6.07, 6.45) is 0. The molecule has 0 atom stereocenters. The summed E-state index contributed by atoms with van der Waals surface area (Å²) in [5, 5.41) is 3.32. The fourth-order valence-electron chi connectivity index (χ4n) is 1.84. The molecule has 1 aliphatic rings. The molecule has 1 saturated heterocycles. The van der Waals surface area contributed by atoms with Crippen LogP contribution in [0.5, 0.6) is 12.0 Å². The number of piperazine rings is 1. The van der Waals surface area contributed by atoms with Crippen molar-refractivity contribution in [3.05, 3.63) is 0 Å². The molecule has 94 valence electrons. The lowest BCUT2D eigenvalue weighted by Crippen LogP contribution is -2.57. The van der Waals surface area contributed by atoms with Gasteiger partial charge in [-0.05, 0) is 0 Å². The number of ether oxygens (including phenoxy) is 2. The van der Waals surface area contributed by atoms with Gasteiger partial charge in [0.15, 0.2) is 0 Å². The fraction of sp³-hybridized carbons (Fsp3) is 0.700. The highest BCUT2D eigenvalue weighted by Crippen LogP contribution is 2.21. The second-order valence-electron chi connectivity index (χ2n) is 4.20. The zero-order valence-electron chi connectivity index (χ0n) is 10.4. The molecule has 0 bridgehead atoms. The van der Waals surface area contributed by atoms with E-state index in [1.54, 1.807) is 0 Å². The Kier molecular flexibility index (Phi) is 3.39. The quantitative estimate of drug-likeness (QED) is 0.714. The second kappa shape index (κ2) is 4.80. The average molecular weight is 240 g/mol. The number of nitrogens with one attached hydrogen (secondary N) is 1. The van der Waals surface area contributed by atoms with Gasteiger partial charge in [0.25, 0.3) is 0 Å². The van der Waals surface area contributed by atoms with E-state index >= 15 is 0 Å². The van der Waals surface area contributed by atoms with E-state index < -0.39 is 0 Å². The Morgan fingerprint density at radius 2 is 1.53 bits per heavy atom. The molecule has 2 rings (SSSR count). The number of hydrogen-bond donors (Lipinski definition) is 1. The van der Waals surface area contributed by atoms with Crippen molar-refractivity contribution in [3.63, 3.8) is 0 Å². The molecular formula is C10H18N5O2+. The Bertz CT molecular complexity index is 370. The van der Waals surface area contributed by atoms with Gasteiger partial charge in [0.2, 0.25) is 0 Å². The lowest BCUT2D eigenvalue weighted by Gasteiger charge is -2.34. The van der Waals surface area contributed by atoms with Gasteiger partial charge in [-0.1, -0.05) is 0 Å². The average Bonchev–Trinajstić information content (AvgIpc) is 2.39. The Balaban J connectivity index is 2.35. The van der Waals surface area contributed by atoms with Crippen LogP contribution in [0.15, 0.2) is 0 Å². The van der Waals surface area contributed by atoms with E-state index in [9.17, 15) is 0 Å². The summed E-state index contributed by atoms with van der Waals surface area (Å²) in [7, 11) is 5.18.